The van der Waals surface area contributed by atoms with E-state index in [-0.39, 0.29) is 36.5 Å². The zero-order valence-corrected chi connectivity index (χ0v) is 30.8. The van der Waals surface area contributed by atoms with Gasteiger partial charge in [-0.05, 0) is 67.8 Å². The Balaban J connectivity index is 1.15. The van der Waals surface area contributed by atoms with E-state index in [9.17, 15) is 23.1 Å². The number of amides is 1. The highest BCUT2D eigenvalue weighted by Crippen LogP contribution is 2.26. The summed E-state index contributed by atoms with van der Waals surface area (Å²) in [5, 5.41) is 13.5. The van der Waals surface area contributed by atoms with Crippen molar-refractivity contribution in [3.8, 4) is 5.75 Å². The topological polar surface area (TPSA) is 135 Å². The number of ether oxygens (including phenoxy) is 1. The van der Waals surface area contributed by atoms with Crippen LogP contribution in [0.25, 0.3) is 0 Å². The molecule has 0 aliphatic carbocycles. The summed E-state index contributed by atoms with van der Waals surface area (Å²) in [4.78, 5) is 33.6. The van der Waals surface area contributed by atoms with E-state index in [2.05, 4.69) is 22.3 Å². The lowest BCUT2D eigenvalue weighted by molar-refractivity contribution is -0.138. The first-order valence-corrected chi connectivity index (χ1v) is 19.3. The standard InChI is InChI=1S/C43H43N3O7S/c1-31-18-24-36(25-19-31)54(50,51)53-28-27-52-35-22-20-32(21-23-35)29-39(43(48)49)44-41(34-13-6-3-7-14-34)37-15-8-9-16-38(37)45-42(47)40-17-10-26-46(40)30-33-11-4-2-5-12-33/h2-9,11-16,18-25,39-40H,10,17,26-30H2,1H3,(H,45,47)(H,48,49)/t39-,40-/m0/s1. The number of hydrogen-bond donors (Lipinski definition) is 2. The van der Waals surface area contributed by atoms with Crippen molar-refractivity contribution in [2.75, 3.05) is 25.1 Å². The van der Waals surface area contributed by atoms with E-state index in [1.807, 2.05) is 79.7 Å². The van der Waals surface area contributed by atoms with Crippen molar-refractivity contribution in [1.29, 1.82) is 0 Å². The highest BCUT2D eigenvalue weighted by Gasteiger charge is 2.31. The SMILES string of the molecule is Cc1ccc(S(=O)(=O)OCCOc2ccc(C[C@H](N=C(c3ccccc3)c3ccccc3NC(=O)[C@@H]3CCCN3Cc3ccccc3)C(=O)O)cc2)cc1. The van der Waals surface area contributed by atoms with Gasteiger partial charge in [0.2, 0.25) is 5.91 Å². The minimum Gasteiger partial charge on any atom is -0.491 e. The van der Waals surface area contributed by atoms with Crippen LogP contribution in [0.4, 0.5) is 5.69 Å². The van der Waals surface area contributed by atoms with Crippen LogP contribution in [0.1, 0.15) is 40.7 Å². The third-order valence-electron chi connectivity index (χ3n) is 9.20. The summed E-state index contributed by atoms with van der Waals surface area (Å²) in [6, 6.07) is 38.7. The quantitative estimate of drug-likeness (QED) is 0.0632. The van der Waals surface area contributed by atoms with Crippen molar-refractivity contribution in [1.82, 2.24) is 4.90 Å². The number of carboxylic acids is 1. The van der Waals surface area contributed by atoms with Gasteiger partial charge in [0.25, 0.3) is 10.1 Å². The fraction of sp³-hybridized carbons (Fsp3) is 0.233. The second kappa shape index (κ2) is 17.9. The van der Waals surface area contributed by atoms with Gasteiger partial charge in [-0.2, -0.15) is 8.42 Å². The molecule has 1 heterocycles. The number of para-hydroxylation sites is 1. The van der Waals surface area contributed by atoms with E-state index in [0.717, 1.165) is 30.5 Å². The number of likely N-dealkylation sites (tertiary alicyclic amines) is 1. The number of carbonyl (C=O) groups excluding carboxylic acids is 1. The molecule has 11 heteroatoms. The molecule has 0 unspecified atom stereocenters. The summed E-state index contributed by atoms with van der Waals surface area (Å²) >= 11 is 0. The molecule has 1 amide bonds. The van der Waals surface area contributed by atoms with Gasteiger partial charge in [-0.1, -0.05) is 109 Å². The Bertz CT molecular complexity index is 2160. The van der Waals surface area contributed by atoms with Gasteiger partial charge in [-0.15, -0.1) is 0 Å². The van der Waals surface area contributed by atoms with Crippen LogP contribution >= 0.6 is 0 Å². The maximum Gasteiger partial charge on any atom is 0.328 e. The zero-order valence-electron chi connectivity index (χ0n) is 30.0. The third-order valence-corrected chi connectivity index (χ3v) is 10.5. The van der Waals surface area contributed by atoms with E-state index in [0.29, 0.717) is 40.4 Å². The van der Waals surface area contributed by atoms with E-state index in [4.69, 9.17) is 13.9 Å². The minimum atomic E-state index is -3.91. The summed E-state index contributed by atoms with van der Waals surface area (Å²) in [6.45, 7) is 3.19. The molecule has 1 fully saturated rings. The Morgan fingerprint density at radius 1 is 0.833 bits per heavy atom. The molecular weight excluding hydrogens is 703 g/mol. The van der Waals surface area contributed by atoms with E-state index < -0.39 is 22.1 Å². The van der Waals surface area contributed by atoms with Crippen LogP contribution in [-0.4, -0.2) is 67.9 Å². The van der Waals surface area contributed by atoms with Crippen molar-refractivity contribution >= 4 is 33.4 Å². The second-order valence-electron chi connectivity index (χ2n) is 13.1. The van der Waals surface area contributed by atoms with Crippen LogP contribution in [-0.2, 0) is 36.9 Å². The average Bonchev–Trinajstić information content (AvgIpc) is 3.65. The molecule has 2 atom stereocenters. The molecule has 0 spiro atoms. The van der Waals surface area contributed by atoms with Gasteiger partial charge in [0.15, 0.2) is 6.04 Å². The number of nitrogens with zero attached hydrogens (tertiary/aromatic N) is 2. The number of carbonyl (C=O) groups is 2. The number of hydrogen-bond acceptors (Lipinski definition) is 8. The molecule has 0 radical (unpaired) electrons. The lowest BCUT2D eigenvalue weighted by atomic mass is 9.98. The Morgan fingerprint density at radius 3 is 2.20 bits per heavy atom. The molecule has 0 aromatic heterocycles. The first-order chi connectivity index (χ1) is 26.2. The molecule has 6 rings (SSSR count). The van der Waals surface area contributed by atoms with Crippen LogP contribution in [0.2, 0.25) is 0 Å². The lowest BCUT2D eigenvalue weighted by Gasteiger charge is -2.24. The Labute approximate surface area is 316 Å². The van der Waals surface area contributed by atoms with Crippen LogP contribution in [0.15, 0.2) is 143 Å². The number of benzene rings is 5. The molecule has 5 aromatic rings. The highest BCUT2D eigenvalue weighted by atomic mass is 32.2. The van der Waals surface area contributed by atoms with Crippen molar-refractivity contribution in [3.05, 3.63) is 161 Å². The van der Waals surface area contributed by atoms with Crippen molar-refractivity contribution in [2.45, 2.75) is 49.7 Å². The molecule has 1 aliphatic heterocycles. The number of aliphatic carboxylic acids is 1. The Kier molecular flexibility index (Phi) is 12.7. The summed E-state index contributed by atoms with van der Waals surface area (Å²) in [5.41, 5.74) is 5.14. The van der Waals surface area contributed by atoms with Gasteiger partial charge in [0.05, 0.1) is 22.3 Å². The van der Waals surface area contributed by atoms with Crippen molar-refractivity contribution in [2.24, 2.45) is 4.99 Å². The normalized spacial score (nSPS) is 15.4. The maximum absolute atomic E-state index is 13.8. The van der Waals surface area contributed by atoms with Crippen LogP contribution in [0, 0.1) is 6.92 Å². The fourth-order valence-corrected chi connectivity index (χ4v) is 7.30. The number of rotatable bonds is 16. The molecule has 0 bridgehead atoms. The van der Waals surface area contributed by atoms with Crippen molar-refractivity contribution < 1.29 is 32.0 Å². The molecule has 2 N–H and O–H groups in total. The van der Waals surface area contributed by atoms with Crippen LogP contribution < -0.4 is 10.1 Å². The van der Waals surface area contributed by atoms with E-state index in [1.54, 1.807) is 36.4 Å². The van der Waals surface area contributed by atoms with Gasteiger partial charge in [-0.3, -0.25) is 18.9 Å². The van der Waals surface area contributed by atoms with E-state index in [1.165, 1.54) is 12.1 Å². The number of anilines is 1. The van der Waals surface area contributed by atoms with Gasteiger partial charge in [0.1, 0.15) is 19.0 Å². The minimum absolute atomic E-state index is 0.00529. The molecule has 278 valence electrons. The van der Waals surface area contributed by atoms with Gasteiger partial charge in [0, 0.05) is 24.1 Å². The molecule has 54 heavy (non-hydrogen) atoms. The second-order valence-corrected chi connectivity index (χ2v) is 14.7. The number of nitrogens with one attached hydrogen (secondary N) is 1. The van der Waals surface area contributed by atoms with Gasteiger partial charge in [-0.25, -0.2) is 4.79 Å². The first kappa shape index (κ1) is 38.1. The molecule has 1 aliphatic rings. The predicted molar refractivity (Wildman–Crippen MR) is 208 cm³/mol. The first-order valence-electron chi connectivity index (χ1n) is 17.9. The lowest BCUT2D eigenvalue weighted by Crippen LogP contribution is -2.39. The molecule has 5 aromatic carbocycles. The zero-order chi connectivity index (χ0) is 37.9. The maximum atomic E-state index is 13.8. The van der Waals surface area contributed by atoms with Gasteiger partial charge < -0.3 is 15.2 Å². The largest absolute Gasteiger partial charge is 0.491 e. The van der Waals surface area contributed by atoms with Gasteiger partial charge >= 0.3 is 5.97 Å². The molecule has 0 saturated carbocycles. The Hall–Kier alpha value is -5.62. The monoisotopic (exact) mass is 745 g/mol. The summed E-state index contributed by atoms with van der Waals surface area (Å²) in [5.74, 6) is -0.732. The average molecular weight is 746 g/mol. The number of carboxylic acid groups (broad SMARTS) is 1. The third kappa shape index (κ3) is 10.1. The Morgan fingerprint density at radius 2 is 1.50 bits per heavy atom. The highest BCUT2D eigenvalue weighted by molar-refractivity contribution is 7.86. The van der Waals surface area contributed by atoms with Crippen LogP contribution in [0.3, 0.4) is 0 Å². The summed E-state index contributed by atoms with van der Waals surface area (Å²) in [7, 11) is -3.91. The van der Waals surface area contributed by atoms with Crippen molar-refractivity contribution in [3.63, 3.8) is 0 Å². The van der Waals surface area contributed by atoms with Crippen LogP contribution in [0.5, 0.6) is 5.75 Å². The molecule has 1 saturated heterocycles. The summed E-state index contributed by atoms with van der Waals surface area (Å²) < 4.78 is 35.7. The van der Waals surface area contributed by atoms with E-state index >= 15 is 0 Å². The predicted octanol–water partition coefficient (Wildman–Crippen LogP) is 6.92. The number of aryl methyl sites for hydroxylation is 1. The molecule has 10 nitrogen and oxygen atoms in total. The fourth-order valence-electron chi connectivity index (χ4n) is 6.41. The summed E-state index contributed by atoms with van der Waals surface area (Å²) in [6.07, 6.45) is 1.76. The number of aliphatic imine (C=N–C) groups is 1. The smallest absolute Gasteiger partial charge is 0.328 e. The molecular formula is C43H43N3O7S.